The van der Waals surface area contributed by atoms with Crippen molar-refractivity contribution < 1.29 is 47.6 Å². The monoisotopic (exact) mass is 367 g/mol. The van der Waals surface area contributed by atoms with Gasteiger partial charge in [0.05, 0.1) is 15.6 Å². The van der Waals surface area contributed by atoms with Gasteiger partial charge in [0.25, 0.3) is 0 Å². The number of benzene rings is 2. The molecule has 2 aromatic rings. The first-order valence-corrected chi connectivity index (χ1v) is 7.72. The zero-order valence-corrected chi connectivity index (χ0v) is 15.7. The number of hydrogen-bond acceptors (Lipinski definition) is 5. The van der Waals surface area contributed by atoms with Crippen molar-refractivity contribution in [1.82, 2.24) is 0 Å². The molecule has 5 nitrogen and oxygen atoms in total. The van der Waals surface area contributed by atoms with Gasteiger partial charge in [-0.05, 0) is 36.4 Å². The zero-order chi connectivity index (χ0) is 15.6. The Hall–Kier alpha value is -0.600. The first kappa shape index (κ1) is 19.4. The molecule has 0 aromatic heterocycles. The van der Waals surface area contributed by atoms with Gasteiger partial charge in [-0.3, -0.25) is 4.99 Å². The topological polar surface area (TPSA) is 89.8 Å². The van der Waals surface area contributed by atoms with Gasteiger partial charge in [-0.2, -0.15) is 0 Å². The maximum atomic E-state index is 10.8. The van der Waals surface area contributed by atoms with Crippen LogP contribution in [0.15, 0.2) is 46.3 Å². The van der Waals surface area contributed by atoms with Gasteiger partial charge < -0.3 is 9.66 Å². The Morgan fingerprint density at radius 1 is 1.14 bits per heavy atom. The quantitative estimate of drug-likeness (QED) is 0.481. The average Bonchev–Trinajstić information content (AvgIpc) is 2.40. The smallest absolute Gasteiger partial charge is 0.744 e. The number of aliphatic imine (C=N–C) groups is 1. The van der Waals surface area contributed by atoms with Gasteiger partial charge in [0.2, 0.25) is 0 Å². The summed E-state index contributed by atoms with van der Waals surface area (Å²) >= 11 is 11.6. The number of halogens is 2. The first-order valence-electron chi connectivity index (χ1n) is 5.55. The Kier molecular flexibility index (Phi) is 6.88. The third kappa shape index (κ3) is 4.96. The van der Waals surface area contributed by atoms with E-state index >= 15 is 0 Å². The van der Waals surface area contributed by atoms with Crippen LogP contribution >= 0.6 is 23.2 Å². The Morgan fingerprint density at radius 3 is 2.27 bits per heavy atom. The fraction of sp³-hybridized carbons (Fsp3) is 0. The van der Waals surface area contributed by atoms with Crippen LogP contribution in [0.3, 0.4) is 0 Å². The molecule has 2 rings (SSSR count). The molecule has 0 bridgehead atoms. The summed E-state index contributed by atoms with van der Waals surface area (Å²) < 4.78 is 32.4. The summed E-state index contributed by atoms with van der Waals surface area (Å²) in [7, 11) is -4.48. The van der Waals surface area contributed by atoms with Crippen molar-refractivity contribution in [2.45, 2.75) is 4.90 Å². The van der Waals surface area contributed by atoms with E-state index in [0.29, 0.717) is 16.3 Å². The molecule has 0 spiro atoms. The summed E-state index contributed by atoms with van der Waals surface area (Å²) in [4.78, 5) is 3.71. The molecule has 0 saturated carbocycles. The maximum Gasteiger partial charge on any atom is 1.00 e. The van der Waals surface area contributed by atoms with Crippen LogP contribution in [0.1, 0.15) is 5.56 Å². The van der Waals surface area contributed by atoms with E-state index in [2.05, 4.69) is 4.99 Å². The normalized spacial score (nSPS) is 11.4. The largest absolute Gasteiger partial charge is 1.00 e. The van der Waals surface area contributed by atoms with Crippen LogP contribution in [0.5, 0.6) is 5.75 Å². The number of phenols is 1. The van der Waals surface area contributed by atoms with Crippen molar-refractivity contribution in [2.75, 3.05) is 0 Å². The zero-order valence-electron chi connectivity index (χ0n) is 11.3. The second-order valence-corrected chi connectivity index (χ2v) is 6.25. The molecule has 9 heteroatoms. The van der Waals surface area contributed by atoms with Gasteiger partial charge in [-0.25, -0.2) is 8.42 Å². The molecule has 0 saturated heterocycles. The predicted molar refractivity (Wildman–Crippen MR) is 79.8 cm³/mol. The molecule has 1 N–H and O–H groups in total. The second-order valence-electron chi connectivity index (χ2n) is 4.03. The summed E-state index contributed by atoms with van der Waals surface area (Å²) in [6.07, 6.45) is 1.33. The number of nitrogens with zero attached hydrogens (tertiary/aromatic N) is 1. The van der Waals surface area contributed by atoms with Gasteiger partial charge in [0.1, 0.15) is 15.9 Å². The van der Waals surface area contributed by atoms with E-state index in [1.807, 2.05) is 0 Å². The molecule has 0 aliphatic carbocycles. The van der Waals surface area contributed by atoms with Crippen molar-refractivity contribution in [2.24, 2.45) is 4.99 Å². The second kappa shape index (κ2) is 7.79. The number of aromatic hydroxyl groups is 1. The van der Waals surface area contributed by atoms with E-state index in [-0.39, 0.29) is 45.2 Å². The molecule has 0 atom stereocenters. The molecular weight excluding hydrogens is 360 g/mol. The minimum atomic E-state index is -4.48. The molecule has 2 aromatic carbocycles. The Balaban J connectivity index is 0.00000242. The van der Waals surface area contributed by atoms with E-state index in [1.54, 1.807) is 0 Å². The van der Waals surface area contributed by atoms with Crippen LogP contribution < -0.4 is 29.6 Å². The Morgan fingerprint density at radius 2 is 1.73 bits per heavy atom. The number of hydrogen-bond donors (Lipinski definition) is 1. The van der Waals surface area contributed by atoms with E-state index in [1.165, 1.54) is 30.5 Å². The summed E-state index contributed by atoms with van der Waals surface area (Å²) in [6.45, 7) is 0. The van der Waals surface area contributed by atoms with Crippen LogP contribution in [0.2, 0.25) is 10.0 Å². The van der Waals surface area contributed by atoms with Gasteiger partial charge >= 0.3 is 29.6 Å². The molecule has 0 aliphatic rings. The van der Waals surface area contributed by atoms with Crippen molar-refractivity contribution in [3.8, 4) is 5.75 Å². The Labute approximate surface area is 159 Å². The molecule has 0 unspecified atom stereocenters. The minimum absolute atomic E-state index is 0. The molecule has 0 heterocycles. The molecule has 22 heavy (non-hydrogen) atoms. The SMILES string of the molecule is O=S(=O)([O-])c1ccc(N=Cc2cc(Cl)cc(Cl)c2O)cc1.[Na+]. The van der Waals surface area contributed by atoms with E-state index in [9.17, 15) is 18.1 Å². The molecular formula is C13H8Cl2NNaO4S. The third-order valence-corrected chi connectivity index (χ3v) is 3.89. The third-order valence-electron chi connectivity index (χ3n) is 2.54. The summed E-state index contributed by atoms with van der Waals surface area (Å²) in [5, 5.41) is 10.2. The summed E-state index contributed by atoms with van der Waals surface area (Å²) in [6, 6.07) is 7.90. The van der Waals surface area contributed by atoms with Crippen molar-refractivity contribution in [3.63, 3.8) is 0 Å². The molecule has 0 fully saturated rings. The van der Waals surface area contributed by atoms with Crippen LogP contribution in [-0.2, 0) is 10.1 Å². The van der Waals surface area contributed by atoms with Gasteiger partial charge in [-0.15, -0.1) is 0 Å². The van der Waals surface area contributed by atoms with Gasteiger partial charge in [-0.1, -0.05) is 23.2 Å². The van der Waals surface area contributed by atoms with Crippen molar-refractivity contribution in [3.05, 3.63) is 52.0 Å². The Bertz CT molecular complexity index is 808. The number of phenolic OH excluding ortho intramolecular Hbond substituents is 1. The minimum Gasteiger partial charge on any atom is -0.744 e. The van der Waals surface area contributed by atoms with Crippen molar-refractivity contribution >= 4 is 45.2 Å². The molecule has 0 aliphatic heterocycles. The fourth-order valence-corrected chi connectivity index (χ4v) is 2.51. The molecule has 0 radical (unpaired) electrons. The van der Waals surface area contributed by atoms with Gasteiger partial charge in [0, 0.05) is 16.8 Å². The molecule has 110 valence electrons. The van der Waals surface area contributed by atoms with Crippen LogP contribution in [0.25, 0.3) is 0 Å². The van der Waals surface area contributed by atoms with Crippen LogP contribution in [0, 0.1) is 0 Å². The van der Waals surface area contributed by atoms with Gasteiger partial charge in [0.15, 0.2) is 0 Å². The summed E-state index contributed by atoms with van der Waals surface area (Å²) in [5.41, 5.74) is 0.714. The van der Waals surface area contributed by atoms with E-state index < -0.39 is 10.1 Å². The van der Waals surface area contributed by atoms with E-state index in [4.69, 9.17) is 23.2 Å². The fourth-order valence-electron chi connectivity index (χ4n) is 1.53. The maximum absolute atomic E-state index is 10.8. The summed E-state index contributed by atoms with van der Waals surface area (Å²) in [5.74, 6) is -0.163. The van der Waals surface area contributed by atoms with E-state index in [0.717, 1.165) is 12.1 Å². The molecule has 0 amide bonds. The van der Waals surface area contributed by atoms with Crippen LogP contribution in [0.4, 0.5) is 5.69 Å². The standard InChI is InChI=1S/C13H9Cl2NO4S.Na/c14-9-5-8(13(17)12(15)6-9)7-16-10-1-3-11(4-2-10)21(18,19)20;/h1-7,17H,(H,18,19,20);/q;+1/p-1. The predicted octanol–water partition coefficient (Wildman–Crippen LogP) is 0.358. The average molecular weight is 368 g/mol. The first-order chi connectivity index (χ1) is 9.77. The van der Waals surface area contributed by atoms with Crippen molar-refractivity contribution in [1.29, 1.82) is 0 Å². The number of rotatable bonds is 3. The van der Waals surface area contributed by atoms with Crippen LogP contribution in [-0.4, -0.2) is 24.3 Å².